The van der Waals surface area contributed by atoms with Crippen molar-refractivity contribution in [1.29, 1.82) is 0 Å². The highest BCUT2D eigenvalue weighted by molar-refractivity contribution is 7.91. The smallest absolute Gasteiger partial charge is 0.222 e. The van der Waals surface area contributed by atoms with Gasteiger partial charge >= 0.3 is 0 Å². The van der Waals surface area contributed by atoms with Crippen LogP contribution < -0.4 is 0 Å². The molecule has 0 saturated carbocycles. The molecule has 2 aliphatic rings. The van der Waals surface area contributed by atoms with Crippen molar-refractivity contribution in [1.82, 2.24) is 9.80 Å². The molecule has 0 N–H and O–H groups in total. The summed E-state index contributed by atoms with van der Waals surface area (Å²) in [6.45, 7) is 3.87. The third-order valence-electron chi connectivity index (χ3n) is 5.67. The summed E-state index contributed by atoms with van der Waals surface area (Å²) in [7, 11) is -3.11. The Morgan fingerprint density at radius 3 is 2.58 bits per heavy atom. The quantitative estimate of drug-likeness (QED) is 0.828. The summed E-state index contributed by atoms with van der Waals surface area (Å²) in [5.74, 6) is 0.299. The summed E-state index contributed by atoms with van der Waals surface area (Å²) in [5, 5.41) is 2.40. The average Bonchev–Trinajstić information content (AvgIpc) is 2.97. The lowest BCUT2D eigenvalue weighted by molar-refractivity contribution is -0.136. The number of piperazine rings is 1. The number of carbonyl (C=O) groups excluding carboxylic acids is 1. The molecule has 2 aromatic carbocycles. The van der Waals surface area contributed by atoms with Gasteiger partial charge in [-0.05, 0) is 16.3 Å². The first-order chi connectivity index (χ1) is 12.5. The fourth-order valence-corrected chi connectivity index (χ4v) is 6.39. The summed E-state index contributed by atoms with van der Waals surface area (Å²) < 4.78 is 24.6. The van der Waals surface area contributed by atoms with Crippen molar-refractivity contribution in [3.05, 3.63) is 48.0 Å². The van der Waals surface area contributed by atoms with Crippen LogP contribution in [0.5, 0.6) is 0 Å². The Morgan fingerprint density at radius 2 is 1.77 bits per heavy atom. The molecule has 0 radical (unpaired) electrons. The molecule has 5 nitrogen and oxygen atoms in total. The van der Waals surface area contributed by atoms with Crippen LogP contribution in [0.2, 0.25) is 0 Å². The lowest BCUT2D eigenvalue weighted by Crippen LogP contribution is -2.60. The van der Waals surface area contributed by atoms with Gasteiger partial charge < -0.3 is 4.90 Å². The first kappa shape index (κ1) is 17.5. The largest absolute Gasteiger partial charge is 0.336 e. The number of amides is 1. The van der Waals surface area contributed by atoms with Gasteiger partial charge in [0.25, 0.3) is 0 Å². The van der Waals surface area contributed by atoms with E-state index in [-0.39, 0.29) is 29.5 Å². The third kappa shape index (κ3) is 3.12. The number of carbonyl (C=O) groups is 1. The molecule has 0 aromatic heterocycles. The number of hydrogen-bond donors (Lipinski definition) is 0. The summed E-state index contributed by atoms with van der Waals surface area (Å²) in [6.07, 6.45) is 0.423. The normalized spacial score (nSPS) is 25.3. The van der Waals surface area contributed by atoms with Gasteiger partial charge in [-0.1, -0.05) is 49.4 Å². The van der Waals surface area contributed by atoms with Crippen molar-refractivity contribution in [3.63, 3.8) is 0 Å². The SMILES string of the molecule is CCC(=O)N1CCN(Cc2cccc3ccccc23)[C@H]2CS(=O)(=O)C[C@H]21. The number of sulfone groups is 1. The van der Waals surface area contributed by atoms with Crippen molar-refractivity contribution in [2.24, 2.45) is 0 Å². The monoisotopic (exact) mass is 372 g/mol. The van der Waals surface area contributed by atoms with Crippen molar-refractivity contribution in [2.45, 2.75) is 32.0 Å². The minimum Gasteiger partial charge on any atom is -0.336 e. The van der Waals surface area contributed by atoms with Crippen LogP contribution in [-0.4, -0.2) is 60.8 Å². The maximum Gasteiger partial charge on any atom is 0.222 e. The fourth-order valence-electron chi connectivity index (χ4n) is 4.38. The zero-order chi connectivity index (χ0) is 18.3. The van der Waals surface area contributed by atoms with E-state index in [1.807, 2.05) is 19.1 Å². The standard InChI is InChI=1S/C20H24N2O3S/c1-2-20(23)22-11-10-21(18-13-26(24,25)14-19(18)22)12-16-8-5-7-15-6-3-4-9-17(15)16/h3-9,18-19H,2,10-14H2,1H3/t18-,19+/m0/s1. The van der Waals surface area contributed by atoms with Gasteiger partial charge in [0.05, 0.1) is 17.5 Å². The van der Waals surface area contributed by atoms with Gasteiger partial charge in [0.2, 0.25) is 5.91 Å². The van der Waals surface area contributed by atoms with Gasteiger partial charge in [-0.15, -0.1) is 0 Å². The van der Waals surface area contributed by atoms with Crippen molar-refractivity contribution < 1.29 is 13.2 Å². The minimum absolute atomic E-state index is 0.0573. The zero-order valence-corrected chi connectivity index (χ0v) is 15.8. The van der Waals surface area contributed by atoms with Gasteiger partial charge in [-0.3, -0.25) is 9.69 Å². The van der Waals surface area contributed by atoms with E-state index in [1.165, 1.54) is 16.3 Å². The maximum absolute atomic E-state index is 12.3. The minimum atomic E-state index is -3.11. The average molecular weight is 372 g/mol. The van der Waals surface area contributed by atoms with Crippen LogP contribution >= 0.6 is 0 Å². The highest BCUT2D eigenvalue weighted by atomic mass is 32.2. The van der Waals surface area contributed by atoms with E-state index >= 15 is 0 Å². The van der Waals surface area contributed by atoms with E-state index in [2.05, 4.69) is 35.2 Å². The molecule has 2 aromatic rings. The number of rotatable bonds is 3. The predicted octanol–water partition coefficient (Wildman–Crippen LogP) is 2.06. The summed E-state index contributed by atoms with van der Waals surface area (Å²) in [6, 6.07) is 14.2. The summed E-state index contributed by atoms with van der Waals surface area (Å²) in [5.41, 5.74) is 1.21. The fraction of sp³-hybridized carbons (Fsp3) is 0.450. The highest BCUT2D eigenvalue weighted by Crippen LogP contribution is 2.30. The molecule has 4 rings (SSSR count). The van der Waals surface area contributed by atoms with Crippen molar-refractivity contribution >= 4 is 26.5 Å². The molecule has 138 valence electrons. The van der Waals surface area contributed by atoms with Gasteiger partial charge in [-0.2, -0.15) is 0 Å². The zero-order valence-electron chi connectivity index (χ0n) is 15.0. The van der Waals surface area contributed by atoms with E-state index in [0.29, 0.717) is 26.1 Å². The second-order valence-electron chi connectivity index (χ2n) is 7.26. The first-order valence-electron chi connectivity index (χ1n) is 9.19. The van der Waals surface area contributed by atoms with Crippen molar-refractivity contribution in [2.75, 3.05) is 24.6 Å². The van der Waals surface area contributed by atoms with Crippen molar-refractivity contribution in [3.8, 4) is 0 Å². The lowest BCUT2D eigenvalue weighted by atomic mass is 10.0. The third-order valence-corrected chi connectivity index (χ3v) is 7.37. The molecule has 2 atom stereocenters. The Bertz CT molecular complexity index is 936. The molecule has 0 spiro atoms. The molecular weight excluding hydrogens is 348 g/mol. The second-order valence-corrected chi connectivity index (χ2v) is 9.41. The Kier molecular flexibility index (Phi) is 4.49. The summed E-state index contributed by atoms with van der Waals surface area (Å²) >= 11 is 0. The Balaban J connectivity index is 1.64. The molecule has 2 heterocycles. The van der Waals surface area contributed by atoms with E-state index in [1.54, 1.807) is 4.90 Å². The van der Waals surface area contributed by atoms with Crippen LogP contribution in [0.4, 0.5) is 0 Å². The molecule has 2 saturated heterocycles. The number of benzene rings is 2. The topological polar surface area (TPSA) is 57.7 Å². The molecule has 6 heteroatoms. The number of nitrogens with zero attached hydrogens (tertiary/aromatic N) is 2. The van der Waals surface area contributed by atoms with E-state index in [4.69, 9.17) is 0 Å². The first-order valence-corrected chi connectivity index (χ1v) is 11.0. The van der Waals surface area contributed by atoms with Crippen LogP contribution in [0.1, 0.15) is 18.9 Å². The van der Waals surface area contributed by atoms with E-state index in [0.717, 1.165) is 0 Å². The van der Waals surface area contributed by atoms with Crippen LogP contribution in [-0.2, 0) is 21.2 Å². The van der Waals surface area contributed by atoms with Gasteiger partial charge in [-0.25, -0.2) is 8.42 Å². The molecule has 26 heavy (non-hydrogen) atoms. The lowest BCUT2D eigenvalue weighted by Gasteiger charge is -2.44. The Morgan fingerprint density at radius 1 is 1.04 bits per heavy atom. The molecule has 0 unspecified atom stereocenters. The maximum atomic E-state index is 12.3. The Hall–Kier alpha value is -1.92. The Labute approximate surface area is 154 Å². The molecule has 2 aliphatic heterocycles. The number of fused-ring (bicyclic) bond motifs is 2. The van der Waals surface area contributed by atoms with Crippen LogP contribution in [0.25, 0.3) is 10.8 Å². The molecule has 2 fully saturated rings. The second kappa shape index (κ2) is 6.67. The van der Waals surface area contributed by atoms with E-state index in [9.17, 15) is 13.2 Å². The van der Waals surface area contributed by atoms with E-state index < -0.39 is 9.84 Å². The van der Waals surface area contributed by atoms with Gasteiger partial charge in [0.15, 0.2) is 9.84 Å². The summed E-state index contributed by atoms with van der Waals surface area (Å²) in [4.78, 5) is 16.3. The van der Waals surface area contributed by atoms with Crippen LogP contribution in [0.3, 0.4) is 0 Å². The van der Waals surface area contributed by atoms with Gasteiger partial charge in [0.1, 0.15) is 0 Å². The molecule has 0 bridgehead atoms. The molecule has 1 amide bonds. The molecule has 0 aliphatic carbocycles. The molecular formula is C20H24N2O3S. The van der Waals surface area contributed by atoms with Crippen LogP contribution in [0.15, 0.2) is 42.5 Å². The van der Waals surface area contributed by atoms with Gasteiger partial charge in [0, 0.05) is 32.1 Å². The number of hydrogen-bond acceptors (Lipinski definition) is 4. The predicted molar refractivity (Wildman–Crippen MR) is 103 cm³/mol. The highest BCUT2D eigenvalue weighted by Gasteiger charge is 2.47. The van der Waals surface area contributed by atoms with Crippen LogP contribution in [0, 0.1) is 0 Å².